The number of pyridine rings is 1. The van der Waals surface area contributed by atoms with Gasteiger partial charge in [-0.3, -0.25) is 4.40 Å². The minimum absolute atomic E-state index is 0.309. The number of rotatable bonds is 2. The van der Waals surface area contributed by atoms with Crippen LogP contribution in [0, 0.1) is 5.82 Å². The minimum Gasteiger partial charge on any atom is -0.383 e. The molecule has 0 aliphatic heterocycles. The van der Waals surface area contributed by atoms with Crippen molar-refractivity contribution < 1.29 is 4.39 Å². The van der Waals surface area contributed by atoms with E-state index in [9.17, 15) is 4.39 Å². The molecule has 0 bridgehead atoms. The van der Waals surface area contributed by atoms with Crippen LogP contribution in [-0.2, 0) is 0 Å². The van der Waals surface area contributed by atoms with E-state index >= 15 is 0 Å². The molecular weight excluding hydrogens is 335 g/mol. The van der Waals surface area contributed by atoms with E-state index in [1.807, 2.05) is 41.7 Å². The molecule has 2 aromatic heterocycles. The smallest absolute Gasteiger partial charge is 0.139 e. The van der Waals surface area contributed by atoms with Gasteiger partial charge in [0, 0.05) is 25.9 Å². The quantitative estimate of drug-likeness (QED) is 0.770. The van der Waals surface area contributed by atoms with Gasteiger partial charge in [0.25, 0.3) is 0 Å². The normalized spacial score (nSPS) is 11.0. The molecule has 0 radical (unpaired) electrons. The number of benzene rings is 1. The Hall–Kier alpha value is -2.08. The van der Waals surface area contributed by atoms with Crippen LogP contribution >= 0.6 is 15.9 Å². The van der Waals surface area contributed by atoms with Crippen LogP contribution in [0.1, 0.15) is 0 Å². The fourth-order valence-electron chi connectivity index (χ4n) is 2.17. The lowest BCUT2D eigenvalue weighted by atomic mass is 10.1. The lowest BCUT2D eigenvalue weighted by molar-refractivity contribution is 0.621. The van der Waals surface area contributed by atoms with Crippen LogP contribution in [-0.4, -0.2) is 23.5 Å². The van der Waals surface area contributed by atoms with Crippen LogP contribution in [0.2, 0.25) is 0 Å². The Kier molecular flexibility index (Phi) is 3.33. The number of fused-ring (bicyclic) bond motifs is 1. The van der Waals surface area contributed by atoms with Crippen molar-refractivity contribution in [1.82, 2.24) is 9.38 Å². The molecule has 0 saturated carbocycles. The Morgan fingerprint density at radius 1 is 1.24 bits per heavy atom. The van der Waals surface area contributed by atoms with E-state index in [4.69, 9.17) is 5.73 Å². The van der Waals surface area contributed by atoms with Crippen molar-refractivity contribution >= 4 is 33.1 Å². The van der Waals surface area contributed by atoms with E-state index in [-0.39, 0.29) is 5.82 Å². The Morgan fingerprint density at radius 2 is 2.00 bits per heavy atom. The fourth-order valence-corrected chi connectivity index (χ4v) is 2.55. The number of halogens is 2. The lowest BCUT2D eigenvalue weighted by Crippen LogP contribution is -2.09. The van der Waals surface area contributed by atoms with E-state index < -0.39 is 0 Å². The summed E-state index contributed by atoms with van der Waals surface area (Å²) in [5.41, 5.74) is 9.40. The van der Waals surface area contributed by atoms with E-state index in [1.165, 1.54) is 6.07 Å². The molecule has 0 amide bonds. The highest BCUT2D eigenvalue weighted by Gasteiger charge is 2.13. The van der Waals surface area contributed by atoms with E-state index in [2.05, 4.69) is 20.9 Å². The van der Waals surface area contributed by atoms with Gasteiger partial charge < -0.3 is 10.6 Å². The van der Waals surface area contributed by atoms with Crippen LogP contribution in [0.4, 0.5) is 15.9 Å². The standard InChI is InChI=1S/C15H14BrFN4/c1-20(2)10-4-6-13-19-14(15(18)21(13)8-10)9-3-5-12(17)11(16)7-9/h3-8H,18H2,1-2H3. The molecule has 21 heavy (non-hydrogen) atoms. The summed E-state index contributed by atoms with van der Waals surface area (Å²) in [6.45, 7) is 0. The van der Waals surface area contributed by atoms with Crippen molar-refractivity contribution in [2.75, 3.05) is 24.7 Å². The molecule has 2 heterocycles. The SMILES string of the molecule is CN(C)c1ccc2nc(-c3ccc(F)c(Br)c3)c(N)n2c1. The van der Waals surface area contributed by atoms with Crippen molar-refractivity contribution in [1.29, 1.82) is 0 Å². The van der Waals surface area contributed by atoms with Crippen LogP contribution < -0.4 is 10.6 Å². The van der Waals surface area contributed by atoms with Gasteiger partial charge in [-0.15, -0.1) is 0 Å². The van der Waals surface area contributed by atoms with Crippen molar-refractivity contribution in [3.05, 3.63) is 46.8 Å². The molecule has 0 fully saturated rings. The van der Waals surface area contributed by atoms with Crippen molar-refractivity contribution in [3.8, 4) is 11.3 Å². The summed E-state index contributed by atoms with van der Waals surface area (Å²) in [7, 11) is 3.93. The molecule has 0 spiro atoms. The average molecular weight is 349 g/mol. The van der Waals surface area contributed by atoms with Crippen LogP contribution in [0.5, 0.6) is 0 Å². The number of hydrogen-bond acceptors (Lipinski definition) is 3. The second-order valence-electron chi connectivity index (χ2n) is 4.98. The van der Waals surface area contributed by atoms with Gasteiger partial charge in [0.15, 0.2) is 0 Å². The van der Waals surface area contributed by atoms with Crippen LogP contribution in [0.3, 0.4) is 0 Å². The zero-order valence-electron chi connectivity index (χ0n) is 11.6. The molecular formula is C15H14BrFN4. The van der Waals surface area contributed by atoms with Gasteiger partial charge in [0.05, 0.1) is 10.2 Å². The Bertz CT molecular complexity index is 826. The predicted molar refractivity (Wildman–Crippen MR) is 87.0 cm³/mol. The molecule has 3 aromatic rings. The van der Waals surface area contributed by atoms with Gasteiger partial charge >= 0.3 is 0 Å². The molecule has 0 aliphatic carbocycles. The second kappa shape index (κ2) is 5.04. The van der Waals surface area contributed by atoms with Gasteiger partial charge in [-0.25, -0.2) is 9.37 Å². The molecule has 3 rings (SSSR count). The average Bonchev–Trinajstić information content (AvgIpc) is 2.79. The first-order valence-electron chi connectivity index (χ1n) is 6.37. The first kappa shape index (κ1) is 13.9. The summed E-state index contributed by atoms with van der Waals surface area (Å²) in [5.74, 6) is 0.225. The molecule has 0 atom stereocenters. The summed E-state index contributed by atoms with van der Waals surface area (Å²) in [4.78, 5) is 6.52. The fraction of sp³-hybridized carbons (Fsp3) is 0.133. The maximum Gasteiger partial charge on any atom is 0.139 e. The maximum absolute atomic E-state index is 13.4. The number of nitrogens with zero attached hydrogens (tertiary/aromatic N) is 3. The molecule has 108 valence electrons. The summed E-state index contributed by atoms with van der Waals surface area (Å²) < 4.78 is 15.6. The highest BCUT2D eigenvalue weighted by Crippen LogP contribution is 2.30. The van der Waals surface area contributed by atoms with Crippen molar-refractivity contribution in [2.24, 2.45) is 0 Å². The number of hydrogen-bond donors (Lipinski definition) is 1. The van der Waals surface area contributed by atoms with E-state index in [0.29, 0.717) is 16.0 Å². The zero-order chi connectivity index (χ0) is 15.1. The highest BCUT2D eigenvalue weighted by molar-refractivity contribution is 9.10. The van der Waals surface area contributed by atoms with E-state index in [0.717, 1.165) is 16.9 Å². The van der Waals surface area contributed by atoms with Gasteiger partial charge in [-0.1, -0.05) is 0 Å². The number of nitrogens with two attached hydrogens (primary N) is 1. The molecule has 0 unspecified atom stereocenters. The number of imidazole rings is 1. The van der Waals surface area contributed by atoms with Gasteiger partial charge in [-0.2, -0.15) is 0 Å². The number of nitrogen functional groups attached to an aromatic ring is 1. The summed E-state index contributed by atoms with van der Waals surface area (Å²) in [5, 5.41) is 0. The van der Waals surface area contributed by atoms with Crippen molar-refractivity contribution in [2.45, 2.75) is 0 Å². The number of aromatic nitrogens is 2. The maximum atomic E-state index is 13.4. The Morgan fingerprint density at radius 3 is 2.67 bits per heavy atom. The molecule has 0 saturated heterocycles. The second-order valence-corrected chi connectivity index (χ2v) is 5.84. The topological polar surface area (TPSA) is 46.6 Å². The lowest BCUT2D eigenvalue weighted by Gasteiger charge is -2.12. The molecule has 1 aromatic carbocycles. The molecule has 2 N–H and O–H groups in total. The largest absolute Gasteiger partial charge is 0.383 e. The summed E-state index contributed by atoms with van der Waals surface area (Å²) in [6.07, 6.45) is 1.93. The molecule has 0 aliphatic rings. The minimum atomic E-state index is -0.309. The molecule has 6 heteroatoms. The first-order chi connectivity index (χ1) is 9.97. The third-order valence-electron chi connectivity index (χ3n) is 3.35. The Labute approximate surface area is 130 Å². The summed E-state index contributed by atoms with van der Waals surface area (Å²) >= 11 is 3.19. The monoisotopic (exact) mass is 348 g/mol. The van der Waals surface area contributed by atoms with Gasteiger partial charge in [-0.05, 0) is 46.3 Å². The van der Waals surface area contributed by atoms with Gasteiger partial charge in [0.1, 0.15) is 23.0 Å². The van der Waals surface area contributed by atoms with Crippen LogP contribution in [0.15, 0.2) is 41.0 Å². The van der Waals surface area contributed by atoms with Crippen LogP contribution in [0.25, 0.3) is 16.9 Å². The zero-order valence-corrected chi connectivity index (χ0v) is 13.2. The third kappa shape index (κ3) is 2.35. The van der Waals surface area contributed by atoms with Crippen molar-refractivity contribution in [3.63, 3.8) is 0 Å². The highest BCUT2D eigenvalue weighted by atomic mass is 79.9. The summed E-state index contributed by atoms with van der Waals surface area (Å²) in [6, 6.07) is 8.64. The van der Waals surface area contributed by atoms with Gasteiger partial charge in [0.2, 0.25) is 0 Å². The van der Waals surface area contributed by atoms with E-state index in [1.54, 1.807) is 12.1 Å². The number of anilines is 2. The third-order valence-corrected chi connectivity index (χ3v) is 3.96. The molecule has 4 nitrogen and oxygen atoms in total. The Balaban J connectivity index is 2.19. The first-order valence-corrected chi connectivity index (χ1v) is 7.17. The predicted octanol–water partition coefficient (Wildman–Crippen LogP) is 3.55.